The fourth-order valence-corrected chi connectivity index (χ4v) is 6.63. The highest BCUT2D eigenvalue weighted by Crippen LogP contribution is 2.27. The Balaban J connectivity index is 1.59. The van der Waals surface area contributed by atoms with Crippen LogP contribution in [0, 0.1) is 0 Å². The predicted molar refractivity (Wildman–Crippen MR) is 136 cm³/mol. The summed E-state index contributed by atoms with van der Waals surface area (Å²) in [6, 6.07) is 12.5. The highest BCUT2D eigenvalue weighted by Gasteiger charge is 2.36. The van der Waals surface area contributed by atoms with E-state index in [9.17, 15) is 18.0 Å². The van der Waals surface area contributed by atoms with Gasteiger partial charge in [0.25, 0.3) is 5.91 Å². The lowest BCUT2D eigenvalue weighted by Crippen LogP contribution is -2.48. The monoisotopic (exact) mass is 517 g/mol. The Labute approximate surface area is 212 Å². The lowest BCUT2D eigenvalue weighted by atomic mass is 10.1. The van der Waals surface area contributed by atoms with Gasteiger partial charge in [0.05, 0.1) is 4.90 Å². The molecule has 35 heavy (non-hydrogen) atoms. The Hall–Kier alpha value is -2.42. The number of rotatable bonds is 7. The van der Waals surface area contributed by atoms with Crippen molar-refractivity contribution in [1.82, 2.24) is 14.5 Å². The Morgan fingerprint density at radius 1 is 0.971 bits per heavy atom. The lowest BCUT2D eigenvalue weighted by molar-refractivity contribution is -0.124. The summed E-state index contributed by atoms with van der Waals surface area (Å²) in [6.45, 7) is 0.561. The first-order valence-corrected chi connectivity index (χ1v) is 14.0. The molecule has 9 heteroatoms. The van der Waals surface area contributed by atoms with E-state index in [4.69, 9.17) is 11.6 Å². The van der Waals surface area contributed by atoms with Gasteiger partial charge < -0.3 is 10.2 Å². The van der Waals surface area contributed by atoms with E-state index in [0.717, 1.165) is 38.5 Å². The molecule has 1 aliphatic carbocycles. The molecule has 0 radical (unpaired) electrons. The van der Waals surface area contributed by atoms with E-state index in [1.54, 1.807) is 24.3 Å². The number of hydrogen-bond acceptors (Lipinski definition) is 4. The third-order valence-corrected chi connectivity index (χ3v) is 9.13. The first kappa shape index (κ1) is 25.7. The molecule has 1 saturated heterocycles. The van der Waals surface area contributed by atoms with Crippen molar-refractivity contribution in [1.29, 1.82) is 0 Å². The van der Waals surface area contributed by atoms with Crippen LogP contribution in [0.25, 0.3) is 0 Å². The zero-order chi connectivity index (χ0) is 25.0. The molecule has 1 saturated carbocycles. The molecule has 188 valence electrons. The smallest absolute Gasteiger partial charge is 0.253 e. The second-order valence-corrected chi connectivity index (χ2v) is 11.7. The van der Waals surface area contributed by atoms with Crippen molar-refractivity contribution in [2.75, 3.05) is 13.6 Å². The van der Waals surface area contributed by atoms with Crippen LogP contribution in [0.1, 0.15) is 60.9 Å². The van der Waals surface area contributed by atoms with Crippen LogP contribution in [-0.4, -0.2) is 55.1 Å². The molecule has 2 amide bonds. The van der Waals surface area contributed by atoms with E-state index < -0.39 is 16.1 Å². The lowest BCUT2D eigenvalue weighted by Gasteiger charge is -2.29. The van der Waals surface area contributed by atoms with Gasteiger partial charge in [-0.05, 0) is 74.1 Å². The molecule has 4 rings (SSSR count). The third kappa shape index (κ3) is 5.88. The third-order valence-electron chi connectivity index (χ3n) is 7.01. The van der Waals surface area contributed by atoms with Gasteiger partial charge in [-0.1, -0.05) is 36.6 Å². The minimum absolute atomic E-state index is 0.0238. The van der Waals surface area contributed by atoms with Crippen LogP contribution in [0.3, 0.4) is 0 Å². The van der Waals surface area contributed by atoms with Crippen LogP contribution in [-0.2, 0) is 21.4 Å². The number of carbonyl (C=O) groups is 2. The maximum atomic E-state index is 13.7. The minimum Gasteiger partial charge on any atom is -0.355 e. The van der Waals surface area contributed by atoms with Crippen molar-refractivity contribution in [2.45, 2.75) is 68.5 Å². The summed E-state index contributed by atoms with van der Waals surface area (Å²) in [7, 11) is -2.13. The molecule has 1 N–H and O–H groups in total. The summed E-state index contributed by atoms with van der Waals surface area (Å²) in [5.74, 6) is -0.317. The standard InChI is InChI=1S/C26H32ClN3O4S/c1-29(22-6-2-3-7-22)26(32)20-11-9-19(10-12-20)18-30(24-8-4-5-17-28-25(24)31)35(33,34)23-15-13-21(27)14-16-23/h9-16,22,24H,2-8,17-18H2,1H3,(H,28,31)/t24-/m1/s1. The van der Waals surface area contributed by atoms with Gasteiger partial charge >= 0.3 is 0 Å². The Morgan fingerprint density at radius 3 is 2.26 bits per heavy atom. The molecule has 0 bridgehead atoms. The normalized spacial score (nSPS) is 19.4. The minimum atomic E-state index is -3.98. The molecule has 1 atom stereocenters. The van der Waals surface area contributed by atoms with Crippen molar-refractivity contribution in [3.8, 4) is 0 Å². The molecular weight excluding hydrogens is 486 g/mol. The van der Waals surface area contributed by atoms with E-state index >= 15 is 0 Å². The van der Waals surface area contributed by atoms with Crippen molar-refractivity contribution in [2.24, 2.45) is 0 Å². The van der Waals surface area contributed by atoms with Gasteiger partial charge in [-0.25, -0.2) is 8.42 Å². The average Bonchev–Trinajstić information content (AvgIpc) is 3.31. The maximum absolute atomic E-state index is 13.7. The molecule has 1 heterocycles. The molecular formula is C26H32ClN3O4S. The highest BCUT2D eigenvalue weighted by atomic mass is 35.5. The second kappa shape index (κ2) is 11.1. The Morgan fingerprint density at radius 2 is 1.60 bits per heavy atom. The number of benzene rings is 2. The molecule has 1 aliphatic heterocycles. The van der Waals surface area contributed by atoms with Crippen molar-refractivity contribution < 1.29 is 18.0 Å². The first-order valence-electron chi connectivity index (χ1n) is 12.2. The van der Waals surface area contributed by atoms with Gasteiger partial charge in [0.1, 0.15) is 6.04 Å². The quantitative estimate of drug-likeness (QED) is 0.596. The number of halogens is 1. The number of nitrogens with one attached hydrogen (secondary N) is 1. The van der Waals surface area contributed by atoms with E-state index in [1.807, 2.05) is 11.9 Å². The molecule has 2 aliphatic rings. The van der Waals surface area contributed by atoms with Gasteiger partial charge in [0.2, 0.25) is 15.9 Å². The number of amides is 2. The number of hydrogen-bond donors (Lipinski definition) is 1. The SMILES string of the molecule is CN(C(=O)c1ccc(CN([C@@H]2CCCCNC2=O)S(=O)(=O)c2ccc(Cl)cc2)cc1)C1CCCC1. The van der Waals surface area contributed by atoms with E-state index in [0.29, 0.717) is 29.1 Å². The van der Waals surface area contributed by atoms with Crippen LogP contribution in [0.2, 0.25) is 5.02 Å². The highest BCUT2D eigenvalue weighted by molar-refractivity contribution is 7.89. The Kier molecular flexibility index (Phi) is 8.14. The zero-order valence-corrected chi connectivity index (χ0v) is 21.5. The van der Waals surface area contributed by atoms with Crippen LogP contribution >= 0.6 is 11.6 Å². The van der Waals surface area contributed by atoms with Crippen molar-refractivity contribution in [3.63, 3.8) is 0 Å². The second-order valence-electron chi connectivity index (χ2n) is 9.36. The van der Waals surface area contributed by atoms with E-state index in [1.165, 1.54) is 28.6 Å². The Bertz CT molecular complexity index is 1150. The van der Waals surface area contributed by atoms with Gasteiger partial charge in [-0.2, -0.15) is 4.31 Å². The molecule has 2 aromatic rings. The average molecular weight is 518 g/mol. The maximum Gasteiger partial charge on any atom is 0.253 e. The zero-order valence-electron chi connectivity index (χ0n) is 20.0. The molecule has 2 aromatic carbocycles. The van der Waals surface area contributed by atoms with Crippen LogP contribution < -0.4 is 5.32 Å². The van der Waals surface area contributed by atoms with Crippen molar-refractivity contribution >= 4 is 33.4 Å². The van der Waals surface area contributed by atoms with Crippen LogP contribution in [0.5, 0.6) is 0 Å². The van der Waals surface area contributed by atoms with E-state index in [-0.39, 0.29) is 29.3 Å². The van der Waals surface area contributed by atoms with E-state index in [2.05, 4.69) is 5.32 Å². The summed E-state index contributed by atoms with van der Waals surface area (Å²) < 4.78 is 28.6. The van der Waals surface area contributed by atoms with Gasteiger partial charge in [0, 0.05) is 36.8 Å². The molecule has 0 spiro atoms. The largest absolute Gasteiger partial charge is 0.355 e. The van der Waals surface area contributed by atoms with Gasteiger partial charge in [-0.15, -0.1) is 0 Å². The predicted octanol–water partition coefficient (Wildman–Crippen LogP) is 4.21. The number of carbonyl (C=O) groups excluding carboxylic acids is 2. The fourth-order valence-electron chi connectivity index (χ4n) is 4.90. The van der Waals surface area contributed by atoms with Gasteiger partial charge in [-0.3, -0.25) is 9.59 Å². The summed E-state index contributed by atoms with van der Waals surface area (Å²) in [4.78, 5) is 27.7. The summed E-state index contributed by atoms with van der Waals surface area (Å²) >= 11 is 5.97. The first-order chi connectivity index (χ1) is 16.8. The number of nitrogens with zero attached hydrogens (tertiary/aromatic N) is 2. The van der Waals surface area contributed by atoms with Gasteiger partial charge in [0.15, 0.2) is 0 Å². The molecule has 0 unspecified atom stereocenters. The van der Waals surface area contributed by atoms with Crippen LogP contribution in [0.15, 0.2) is 53.4 Å². The van der Waals surface area contributed by atoms with Crippen LogP contribution in [0.4, 0.5) is 0 Å². The molecule has 0 aromatic heterocycles. The summed E-state index contributed by atoms with van der Waals surface area (Å²) in [5.41, 5.74) is 1.28. The fraction of sp³-hybridized carbons (Fsp3) is 0.462. The summed E-state index contributed by atoms with van der Waals surface area (Å²) in [6.07, 6.45) is 6.35. The molecule has 2 fully saturated rings. The summed E-state index contributed by atoms with van der Waals surface area (Å²) in [5, 5.41) is 3.28. The molecule has 7 nitrogen and oxygen atoms in total. The van der Waals surface area contributed by atoms with Crippen molar-refractivity contribution in [3.05, 3.63) is 64.7 Å². The topological polar surface area (TPSA) is 86.8 Å². The number of sulfonamides is 1.